The van der Waals surface area contributed by atoms with Gasteiger partial charge in [-0.15, -0.1) is 0 Å². The van der Waals surface area contributed by atoms with E-state index in [4.69, 9.17) is 0 Å². The van der Waals surface area contributed by atoms with E-state index in [0.29, 0.717) is 5.92 Å². The molecule has 0 saturated carbocycles. The lowest BCUT2D eigenvalue weighted by Crippen LogP contribution is -1.99. The zero-order valence-corrected chi connectivity index (χ0v) is 19.2. The zero-order chi connectivity index (χ0) is 22.5. The van der Waals surface area contributed by atoms with Crippen LogP contribution in [0.1, 0.15) is 48.8 Å². The molecule has 0 aliphatic heterocycles. The van der Waals surface area contributed by atoms with Gasteiger partial charge in [-0.25, -0.2) is 0 Å². The highest BCUT2D eigenvalue weighted by atomic mass is 14.2. The van der Waals surface area contributed by atoms with Crippen LogP contribution >= 0.6 is 0 Å². The minimum absolute atomic E-state index is 0.413. The Morgan fingerprint density at radius 3 is 1.52 bits per heavy atom. The minimum Gasteiger partial charge on any atom is -0.0836 e. The first-order chi connectivity index (χ1) is 16.3. The summed E-state index contributed by atoms with van der Waals surface area (Å²) in [6, 6.07) is 37.8. The number of hydrogen-bond donors (Lipinski definition) is 0. The molecule has 1 atom stereocenters. The molecule has 0 nitrogen and oxygen atoms in total. The lowest BCUT2D eigenvalue weighted by molar-refractivity contribution is 0.777. The number of rotatable bonds is 6. The fraction of sp³-hybridized carbons (Fsp3) is 0.152. The van der Waals surface area contributed by atoms with Crippen LogP contribution in [-0.4, -0.2) is 0 Å². The molecule has 5 rings (SSSR count). The van der Waals surface area contributed by atoms with Crippen LogP contribution in [-0.2, 0) is 0 Å². The van der Waals surface area contributed by atoms with Crippen LogP contribution in [0.5, 0.6) is 0 Å². The average molecular weight is 427 g/mol. The van der Waals surface area contributed by atoms with Gasteiger partial charge >= 0.3 is 0 Å². The first kappa shape index (κ1) is 21.2. The summed E-state index contributed by atoms with van der Waals surface area (Å²) < 4.78 is 0. The van der Waals surface area contributed by atoms with E-state index in [1.165, 1.54) is 44.5 Å². The first-order valence-electron chi connectivity index (χ1n) is 12.0. The normalized spacial score (nSPS) is 14.0. The molecule has 0 heteroatoms. The van der Waals surface area contributed by atoms with Gasteiger partial charge in [0.25, 0.3) is 0 Å². The summed E-state index contributed by atoms with van der Waals surface area (Å²) in [7, 11) is 0. The largest absolute Gasteiger partial charge is 0.0836 e. The van der Waals surface area contributed by atoms with Crippen LogP contribution in [0.15, 0.2) is 121 Å². The lowest BCUT2D eigenvalue weighted by atomic mass is 9.87. The van der Waals surface area contributed by atoms with Crippen molar-refractivity contribution in [2.45, 2.75) is 32.1 Å². The van der Waals surface area contributed by atoms with Crippen molar-refractivity contribution in [3.05, 3.63) is 138 Å². The predicted octanol–water partition coefficient (Wildman–Crippen LogP) is 9.30. The van der Waals surface area contributed by atoms with Gasteiger partial charge in [0.2, 0.25) is 0 Å². The van der Waals surface area contributed by atoms with Crippen LogP contribution in [0.4, 0.5) is 0 Å². The van der Waals surface area contributed by atoms with Crippen LogP contribution in [0.25, 0.3) is 27.8 Å². The summed E-state index contributed by atoms with van der Waals surface area (Å²) in [6.07, 6.45) is 10.2. The Bertz CT molecular complexity index is 1240. The molecule has 0 fully saturated rings. The van der Waals surface area contributed by atoms with E-state index in [0.717, 1.165) is 19.3 Å². The third kappa shape index (κ3) is 4.76. The van der Waals surface area contributed by atoms with Gasteiger partial charge in [0.15, 0.2) is 0 Å². The predicted molar refractivity (Wildman–Crippen MR) is 142 cm³/mol. The number of hydrogen-bond acceptors (Lipinski definition) is 0. The molecular weight excluding hydrogens is 396 g/mol. The smallest absolute Gasteiger partial charge is 0.00867 e. The Morgan fingerprint density at radius 2 is 1.03 bits per heavy atom. The van der Waals surface area contributed by atoms with Crippen molar-refractivity contribution >= 4 is 5.57 Å². The van der Waals surface area contributed by atoms with E-state index in [9.17, 15) is 0 Å². The molecule has 0 aromatic heterocycles. The van der Waals surface area contributed by atoms with Gasteiger partial charge in [0, 0.05) is 5.92 Å². The molecule has 0 heterocycles. The van der Waals surface area contributed by atoms with E-state index in [1.54, 1.807) is 0 Å². The molecule has 1 aliphatic carbocycles. The third-order valence-electron chi connectivity index (χ3n) is 6.69. The maximum absolute atomic E-state index is 2.33. The Kier molecular flexibility index (Phi) is 6.35. The van der Waals surface area contributed by atoms with Gasteiger partial charge in [0.05, 0.1) is 0 Å². The summed E-state index contributed by atoms with van der Waals surface area (Å²) >= 11 is 0. The van der Waals surface area contributed by atoms with Crippen LogP contribution < -0.4 is 0 Å². The number of allylic oxidation sites excluding steroid dienone is 4. The molecule has 0 bridgehead atoms. The standard InChI is InChI=1S/C33H30/c1-2-33(31-21-17-28(18-22-31)26-11-7-4-8-12-26)32-23-19-30(20-24-32)29-15-13-27(14-16-29)25-9-5-3-6-10-25/h4-5,7-24,33H,2-3,6H2,1H3. The molecule has 4 aromatic rings. The molecule has 33 heavy (non-hydrogen) atoms. The van der Waals surface area contributed by atoms with E-state index in [-0.39, 0.29) is 0 Å². The SMILES string of the molecule is CCC(c1ccc(-c2ccccc2)cc1)c1ccc(-c2ccc(C3=CCCC=C3)cc2)cc1. The fourth-order valence-corrected chi connectivity index (χ4v) is 4.79. The van der Waals surface area contributed by atoms with Crippen molar-refractivity contribution in [1.29, 1.82) is 0 Å². The van der Waals surface area contributed by atoms with Gasteiger partial charge in [0.1, 0.15) is 0 Å². The summed E-state index contributed by atoms with van der Waals surface area (Å²) in [4.78, 5) is 0. The second kappa shape index (κ2) is 9.88. The third-order valence-corrected chi connectivity index (χ3v) is 6.69. The van der Waals surface area contributed by atoms with Crippen LogP contribution in [0.2, 0.25) is 0 Å². The van der Waals surface area contributed by atoms with Crippen LogP contribution in [0, 0.1) is 0 Å². The Hall–Kier alpha value is -3.64. The first-order valence-corrected chi connectivity index (χ1v) is 12.0. The highest BCUT2D eigenvalue weighted by Crippen LogP contribution is 2.32. The van der Waals surface area contributed by atoms with Gasteiger partial charge < -0.3 is 0 Å². The van der Waals surface area contributed by atoms with E-state index >= 15 is 0 Å². The quantitative estimate of drug-likeness (QED) is 0.288. The Balaban J connectivity index is 1.33. The second-order valence-electron chi connectivity index (χ2n) is 8.79. The lowest BCUT2D eigenvalue weighted by Gasteiger charge is -2.17. The fourth-order valence-electron chi connectivity index (χ4n) is 4.79. The molecule has 0 N–H and O–H groups in total. The summed E-state index contributed by atoms with van der Waals surface area (Å²) in [6.45, 7) is 2.27. The van der Waals surface area contributed by atoms with Crippen molar-refractivity contribution in [2.75, 3.05) is 0 Å². The Labute approximate surface area is 198 Å². The van der Waals surface area contributed by atoms with E-state index in [1.807, 2.05) is 0 Å². The summed E-state index contributed by atoms with van der Waals surface area (Å²) in [5.74, 6) is 0.413. The maximum Gasteiger partial charge on any atom is 0.00867 e. The Morgan fingerprint density at radius 1 is 0.545 bits per heavy atom. The average Bonchev–Trinajstić information content (AvgIpc) is 2.91. The molecular formula is C33H30. The highest BCUT2D eigenvalue weighted by Gasteiger charge is 2.13. The molecule has 0 radical (unpaired) electrons. The zero-order valence-electron chi connectivity index (χ0n) is 19.2. The van der Waals surface area contributed by atoms with Gasteiger partial charge in [-0.3, -0.25) is 0 Å². The molecule has 0 saturated heterocycles. The topological polar surface area (TPSA) is 0 Å². The monoisotopic (exact) mass is 426 g/mol. The van der Waals surface area contributed by atoms with E-state index < -0.39 is 0 Å². The molecule has 1 unspecified atom stereocenters. The van der Waals surface area contributed by atoms with Gasteiger partial charge in [-0.2, -0.15) is 0 Å². The molecule has 4 aromatic carbocycles. The van der Waals surface area contributed by atoms with Gasteiger partial charge in [-0.1, -0.05) is 128 Å². The minimum atomic E-state index is 0.413. The number of benzene rings is 4. The van der Waals surface area contributed by atoms with Crippen molar-refractivity contribution in [3.63, 3.8) is 0 Å². The van der Waals surface area contributed by atoms with Crippen molar-refractivity contribution in [3.8, 4) is 22.3 Å². The van der Waals surface area contributed by atoms with Crippen molar-refractivity contribution < 1.29 is 0 Å². The molecule has 0 spiro atoms. The van der Waals surface area contributed by atoms with Crippen LogP contribution in [0.3, 0.4) is 0 Å². The highest BCUT2D eigenvalue weighted by molar-refractivity contribution is 5.76. The maximum atomic E-state index is 2.33. The molecule has 0 amide bonds. The summed E-state index contributed by atoms with van der Waals surface area (Å²) in [5.41, 5.74) is 10.5. The van der Waals surface area contributed by atoms with Crippen molar-refractivity contribution in [2.24, 2.45) is 0 Å². The molecule has 162 valence electrons. The molecule has 1 aliphatic rings. The van der Waals surface area contributed by atoms with Crippen molar-refractivity contribution in [1.82, 2.24) is 0 Å². The second-order valence-corrected chi connectivity index (χ2v) is 8.79. The van der Waals surface area contributed by atoms with E-state index in [2.05, 4.69) is 128 Å². The summed E-state index contributed by atoms with van der Waals surface area (Å²) in [5, 5.41) is 0. The van der Waals surface area contributed by atoms with Gasteiger partial charge in [-0.05, 0) is 63.8 Å².